The lowest BCUT2D eigenvalue weighted by Gasteiger charge is -2.42. The van der Waals surface area contributed by atoms with Gasteiger partial charge in [0.15, 0.2) is 0 Å². The van der Waals surface area contributed by atoms with Crippen molar-refractivity contribution in [3.63, 3.8) is 0 Å². The zero-order valence-electron chi connectivity index (χ0n) is 14.8. The second-order valence-corrected chi connectivity index (χ2v) is 6.80. The van der Waals surface area contributed by atoms with Crippen LogP contribution >= 0.6 is 0 Å². The highest BCUT2D eigenvalue weighted by molar-refractivity contribution is 5.69. The van der Waals surface area contributed by atoms with Crippen molar-refractivity contribution < 1.29 is 9.90 Å². The Kier molecular flexibility index (Phi) is 5.50. The van der Waals surface area contributed by atoms with Gasteiger partial charge in [-0.05, 0) is 32.4 Å². The third kappa shape index (κ3) is 4.27. The Balaban J connectivity index is 1.53. The topological polar surface area (TPSA) is 81.2 Å². The van der Waals surface area contributed by atoms with Crippen LogP contribution in [0.1, 0.15) is 30.9 Å². The number of benzene rings is 1. The van der Waals surface area contributed by atoms with Gasteiger partial charge in [-0.25, -0.2) is 0 Å². The number of aromatic amines is 1. The number of carboxylic acids is 1. The van der Waals surface area contributed by atoms with Gasteiger partial charge in [0.2, 0.25) is 0 Å². The third-order valence-corrected chi connectivity index (χ3v) is 4.98. The second kappa shape index (κ2) is 7.80. The number of hydrogen-bond acceptors (Lipinski definition) is 4. The van der Waals surface area contributed by atoms with E-state index in [2.05, 4.69) is 46.7 Å². The van der Waals surface area contributed by atoms with E-state index in [0.29, 0.717) is 12.1 Å². The van der Waals surface area contributed by atoms with E-state index in [4.69, 9.17) is 5.11 Å². The van der Waals surface area contributed by atoms with Crippen LogP contribution in [0.4, 0.5) is 0 Å². The third-order valence-electron chi connectivity index (χ3n) is 4.98. The molecule has 1 aromatic carbocycles. The molecule has 0 atom stereocenters. The average Bonchev–Trinajstić information content (AvgIpc) is 3.00. The summed E-state index contributed by atoms with van der Waals surface area (Å²) in [5, 5.41) is 19.8. The van der Waals surface area contributed by atoms with Crippen LogP contribution in [0.2, 0.25) is 0 Å². The monoisotopic (exact) mass is 342 g/mol. The number of aryl methyl sites for hydroxylation is 1. The molecule has 1 aliphatic rings. The molecule has 0 aliphatic heterocycles. The smallest absolute Gasteiger partial charge is 0.317 e. The van der Waals surface area contributed by atoms with Crippen molar-refractivity contribution in [1.82, 2.24) is 20.4 Å². The number of aromatic nitrogens is 2. The van der Waals surface area contributed by atoms with Crippen molar-refractivity contribution >= 4 is 5.97 Å². The molecule has 0 spiro atoms. The van der Waals surface area contributed by atoms with E-state index >= 15 is 0 Å². The molecule has 1 saturated carbocycles. The van der Waals surface area contributed by atoms with Gasteiger partial charge < -0.3 is 10.4 Å². The van der Waals surface area contributed by atoms with Crippen molar-refractivity contribution in [2.75, 3.05) is 13.1 Å². The predicted molar refractivity (Wildman–Crippen MR) is 97.3 cm³/mol. The zero-order chi connectivity index (χ0) is 17.8. The van der Waals surface area contributed by atoms with E-state index in [1.165, 1.54) is 5.56 Å². The first kappa shape index (κ1) is 17.6. The molecule has 3 rings (SSSR count). The highest BCUT2D eigenvalue weighted by atomic mass is 16.4. The summed E-state index contributed by atoms with van der Waals surface area (Å²) < 4.78 is 0. The van der Waals surface area contributed by atoms with Crippen molar-refractivity contribution in [2.24, 2.45) is 0 Å². The highest BCUT2D eigenvalue weighted by Crippen LogP contribution is 2.27. The molecule has 1 heterocycles. The first-order chi connectivity index (χ1) is 12.1. The fourth-order valence-electron chi connectivity index (χ4n) is 3.48. The summed E-state index contributed by atoms with van der Waals surface area (Å²) in [5.41, 5.74) is 4.60. The normalized spacial score (nSPS) is 19.8. The number of carbonyl (C=O) groups is 1. The minimum absolute atomic E-state index is 0.132. The maximum absolute atomic E-state index is 10.9. The number of rotatable bonds is 8. The molecule has 134 valence electrons. The number of hydrogen-bond donors (Lipinski definition) is 3. The Morgan fingerprint density at radius 1 is 1.44 bits per heavy atom. The van der Waals surface area contributed by atoms with Crippen LogP contribution in [0, 0.1) is 6.92 Å². The standard InChI is InChI=1S/C19H26N4O2/c1-3-23(12-18(24)25)17-8-16(9-17)20-10-15-11-21-22-19(15)14-6-4-5-13(2)7-14/h4-7,11,16-17,20H,3,8-10,12H2,1-2H3,(H,21,22)(H,24,25). The highest BCUT2D eigenvalue weighted by Gasteiger charge is 2.33. The molecule has 0 amide bonds. The molecule has 2 aromatic rings. The maximum atomic E-state index is 10.9. The summed E-state index contributed by atoms with van der Waals surface area (Å²) >= 11 is 0. The summed E-state index contributed by atoms with van der Waals surface area (Å²) in [6.07, 6.45) is 3.88. The first-order valence-electron chi connectivity index (χ1n) is 8.85. The van der Waals surface area contributed by atoms with Gasteiger partial charge in [-0.2, -0.15) is 5.10 Å². The fourth-order valence-corrected chi connectivity index (χ4v) is 3.48. The Morgan fingerprint density at radius 2 is 2.24 bits per heavy atom. The Hall–Kier alpha value is -2.18. The van der Waals surface area contributed by atoms with E-state index in [1.54, 1.807) is 0 Å². The minimum Gasteiger partial charge on any atom is -0.480 e. The van der Waals surface area contributed by atoms with E-state index in [9.17, 15) is 4.79 Å². The summed E-state index contributed by atoms with van der Waals surface area (Å²) in [6.45, 7) is 5.78. The summed E-state index contributed by atoms with van der Waals surface area (Å²) in [7, 11) is 0. The molecule has 0 radical (unpaired) electrons. The lowest BCUT2D eigenvalue weighted by molar-refractivity contribution is -0.139. The second-order valence-electron chi connectivity index (χ2n) is 6.80. The van der Waals surface area contributed by atoms with Gasteiger partial charge in [-0.3, -0.25) is 14.8 Å². The van der Waals surface area contributed by atoms with E-state index in [0.717, 1.165) is 42.8 Å². The van der Waals surface area contributed by atoms with Crippen LogP contribution in [0.5, 0.6) is 0 Å². The van der Waals surface area contributed by atoms with Crippen LogP contribution in [0.15, 0.2) is 30.5 Å². The van der Waals surface area contributed by atoms with Gasteiger partial charge in [0.25, 0.3) is 0 Å². The molecule has 1 aromatic heterocycles. The quantitative estimate of drug-likeness (QED) is 0.686. The summed E-state index contributed by atoms with van der Waals surface area (Å²) in [6, 6.07) is 9.20. The van der Waals surface area contributed by atoms with E-state index < -0.39 is 5.97 Å². The van der Waals surface area contributed by atoms with Gasteiger partial charge in [-0.15, -0.1) is 0 Å². The molecule has 1 fully saturated rings. The number of nitrogens with one attached hydrogen (secondary N) is 2. The number of nitrogens with zero attached hydrogens (tertiary/aromatic N) is 2. The Labute approximate surface area is 148 Å². The molecular formula is C19H26N4O2. The molecule has 0 bridgehead atoms. The Morgan fingerprint density at radius 3 is 2.92 bits per heavy atom. The van der Waals surface area contributed by atoms with Crippen molar-refractivity contribution in [1.29, 1.82) is 0 Å². The van der Waals surface area contributed by atoms with E-state index in [1.807, 2.05) is 18.0 Å². The number of carboxylic acid groups (broad SMARTS) is 1. The predicted octanol–water partition coefficient (Wildman–Crippen LogP) is 2.41. The molecule has 0 unspecified atom stereocenters. The van der Waals surface area contributed by atoms with Gasteiger partial charge in [-0.1, -0.05) is 30.7 Å². The molecule has 6 heteroatoms. The average molecular weight is 342 g/mol. The van der Waals surface area contributed by atoms with Gasteiger partial charge in [0.1, 0.15) is 0 Å². The lowest BCUT2D eigenvalue weighted by Crippen LogP contribution is -2.53. The number of likely N-dealkylation sites (N-methyl/N-ethyl adjacent to an activating group) is 1. The molecule has 25 heavy (non-hydrogen) atoms. The van der Waals surface area contributed by atoms with E-state index in [-0.39, 0.29) is 6.54 Å². The summed E-state index contributed by atoms with van der Waals surface area (Å²) in [4.78, 5) is 12.9. The van der Waals surface area contributed by atoms with Gasteiger partial charge in [0.05, 0.1) is 18.4 Å². The largest absolute Gasteiger partial charge is 0.480 e. The molecular weight excluding hydrogens is 316 g/mol. The Bertz CT molecular complexity index is 722. The fraction of sp³-hybridized carbons (Fsp3) is 0.474. The molecule has 0 saturated heterocycles. The van der Waals surface area contributed by atoms with Crippen LogP contribution in [0.3, 0.4) is 0 Å². The lowest BCUT2D eigenvalue weighted by atomic mass is 9.85. The molecule has 3 N–H and O–H groups in total. The zero-order valence-corrected chi connectivity index (χ0v) is 14.8. The van der Waals surface area contributed by atoms with Crippen LogP contribution in [-0.2, 0) is 11.3 Å². The maximum Gasteiger partial charge on any atom is 0.317 e. The van der Waals surface area contributed by atoms with Crippen molar-refractivity contribution in [2.45, 2.75) is 45.3 Å². The van der Waals surface area contributed by atoms with Crippen molar-refractivity contribution in [3.05, 3.63) is 41.6 Å². The summed E-state index contributed by atoms with van der Waals surface area (Å²) in [5.74, 6) is -0.751. The van der Waals surface area contributed by atoms with Crippen molar-refractivity contribution in [3.8, 4) is 11.3 Å². The first-order valence-corrected chi connectivity index (χ1v) is 8.85. The van der Waals surface area contributed by atoms with Crippen LogP contribution < -0.4 is 5.32 Å². The van der Waals surface area contributed by atoms with Crippen LogP contribution in [0.25, 0.3) is 11.3 Å². The molecule has 6 nitrogen and oxygen atoms in total. The SMILES string of the molecule is CCN(CC(=O)O)C1CC(NCc2cn[nH]c2-c2cccc(C)c2)C1. The van der Waals surface area contributed by atoms with Crippen LogP contribution in [-0.4, -0.2) is 51.3 Å². The van der Waals surface area contributed by atoms with Gasteiger partial charge in [0, 0.05) is 29.8 Å². The molecule has 1 aliphatic carbocycles. The minimum atomic E-state index is -0.751. The number of aliphatic carboxylic acids is 1. The number of H-pyrrole nitrogens is 1. The van der Waals surface area contributed by atoms with Gasteiger partial charge >= 0.3 is 5.97 Å².